The van der Waals surface area contributed by atoms with Crippen molar-refractivity contribution >= 4 is 17.9 Å². The van der Waals surface area contributed by atoms with E-state index in [-0.39, 0.29) is 0 Å². The van der Waals surface area contributed by atoms with E-state index in [9.17, 15) is 14.7 Å². The van der Waals surface area contributed by atoms with Crippen molar-refractivity contribution in [1.82, 2.24) is 9.97 Å². The minimum Gasteiger partial charge on any atom is -0.481 e. The molecule has 7 heteroatoms. The third-order valence-electron chi connectivity index (χ3n) is 4.97. The van der Waals surface area contributed by atoms with Crippen molar-refractivity contribution in [3.05, 3.63) is 41.9 Å². The molecule has 7 nitrogen and oxygen atoms in total. The van der Waals surface area contributed by atoms with Crippen LogP contribution >= 0.6 is 0 Å². The summed E-state index contributed by atoms with van der Waals surface area (Å²) in [5, 5.41) is 9.49. The van der Waals surface area contributed by atoms with E-state index in [0.717, 1.165) is 29.5 Å². The number of anilines is 1. The Bertz CT molecular complexity index is 947. The molecule has 1 N–H and O–H groups in total. The van der Waals surface area contributed by atoms with Crippen LogP contribution in [0.25, 0.3) is 11.1 Å². The Labute approximate surface area is 170 Å². The number of rotatable bonds is 3. The van der Waals surface area contributed by atoms with Crippen LogP contribution in [0.15, 0.2) is 30.7 Å². The summed E-state index contributed by atoms with van der Waals surface area (Å²) in [5.74, 6) is -0.294. The molecule has 0 aliphatic carbocycles. The van der Waals surface area contributed by atoms with Gasteiger partial charge in [0.1, 0.15) is 11.4 Å². The summed E-state index contributed by atoms with van der Waals surface area (Å²) in [5.41, 5.74) is 1.60. The zero-order chi connectivity index (χ0) is 21.4. The quantitative estimate of drug-likeness (QED) is 0.835. The molecule has 154 valence electrons. The Hall–Kier alpha value is -2.96. The fourth-order valence-corrected chi connectivity index (χ4v) is 3.18. The fourth-order valence-electron chi connectivity index (χ4n) is 3.18. The smallest absolute Gasteiger partial charge is 0.416 e. The fraction of sp³-hybridized carbons (Fsp3) is 0.455. The number of nitrogens with zero attached hydrogens (tertiary/aromatic N) is 3. The Balaban J connectivity index is 1.94. The van der Waals surface area contributed by atoms with Crippen LogP contribution in [-0.4, -0.2) is 39.3 Å². The number of carboxylic acid groups (broad SMARTS) is 1. The van der Waals surface area contributed by atoms with Gasteiger partial charge in [0.25, 0.3) is 0 Å². The topological polar surface area (TPSA) is 92.6 Å². The third-order valence-corrected chi connectivity index (χ3v) is 4.97. The van der Waals surface area contributed by atoms with Crippen LogP contribution in [-0.2, 0) is 21.4 Å². The largest absolute Gasteiger partial charge is 0.481 e. The lowest BCUT2D eigenvalue weighted by Gasteiger charge is -2.31. The average molecular weight is 397 g/mol. The van der Waals surface area contributed by atoms with Crippen molar-refractivity contribution in [2.24, 2.45) is 0 Å². The van der Waals surface area contributed by atoms with Crippen molar-refractivity contribution < 1.29 is 19.4 Å². The van der Waals surface area contributed by atoms with Crippen LogP contribution in [0.1, 0.15) is 52.2 Å². The molecular weight excluding hydrogens is 370 g/mol. The second-order valence-electron chi connectivity index (χ2n) is 8.83. The highest BCUT2D eigenvalue weighted by molar-refractivity contribution is 5.88. The van der Waals surface area contributed by atoms with E-state index < -0.39 is 23.1 Å². The van der Waals surface area contributed by atoms with E-state index in [1.165, 1.54) is 0 Å². The molecule has 2 aromatic rings. The Morgan fingerprint density at radius 1 is 1.07 bits per heavy atom. The van der Waals surface area contributed by atoms with Gasteiger partial charge in [-0.1, -0.05) is 0 Å². The number of fused-ring (bicyclic) bond motifs is 1. The number of carboxylic acids is 1. The molecule has 1 aliphatic heterocycles. The third kappa shape index (κ3) is 4.39. The van der Waals surface area contributed by atoms with Crippen LogP contribution in [0.3, 0.4) is 0 Å². The maximum atomic E-state index is 12.5. The minimum atomic E-state index is -1.04. The number of amides is 1. The number of pyridine rings is 2. The highest BCUT2D eigenvalue weighted by atomic mass is 16.6. The van der Waals surface area contributed by atoms with Crippen molar-refractivity contribution in [1.29, 1.82) is 0 Å². The lowest BCUT2D eigenvalue weighted by Crippen LogP contribution is -2.40. The molecule has 0 fully saturated rings. The van der Waals surface area contributed by atoms with Gasteiger partial charge < -0.3 is 9.84 Å². The minimum absolute atomic E-state index is 0.398. The van der Waals surface area contributed by atoms with Gasteiger partial charge in [-0.15, -0.1) is 0 Å². The molecule has 0 spiro atoms. The monoisotopic (exact) mass is 397 g/mol. The molecule has 2 aromatic heterocycles. The van der Waals surface area contributed by atoms with Crippen molar-refractivity contribution in [3.63, 3.8) is 0 Å². The summed E-state index contributed by atoms with van der Waals surface area (Å²) >= 11 is 0. The van der Waals surface area contributed by atoms with Gasteiger partial charge in [0.05, 0.1) is 5.41 Å². The molecule has 1 amide bonds. The molecule has 0 unspecified atom stereocenters. The van der Waals surface area contributed by atoms with E-state index in [1.807, 2.05) is 32.9 Å². The molecule has 0 saturated heterocycles. The number of carbonyl (C=O) groups excluding carboxylic acids is 1. The van der Waals surface area contributed by atoms with Gasteiger partial charge in [-0.05, 0) is 70.7 Å². The summed E-state index contributed by atoms with van der Waals surface area (Å²) in [6.45, 7) is 9.39. The summed E-state index contributed by atoms with van der Waals surface area (Å²) in [4.78, 5) is 34.5. The van der Waals surface area contributed by atoms with Gasteiger partial charge in [0.15, 0.2) is 0 Å². The first-order valence-electron chi connectivity index (χ1n) is 9.68. The lowest BCUT2D eigenvalue weighted by molar-refractivity contribution is -0.142. The van der Waals surface area contributed by atoms with Gasteiger partial charge in [-0.3, -0.25) is 14.7 Å². The summed E-state index contributed by atoms with van der Waals surface area (Å²) in [6, 6.07) is 3.83. The Morgan fingerprint density at radius 3 is 2.41 bits per heavy atom. The molecule has 0 radical (unpaired) electrons. The van der Waals surface area contributed by atoms with Crippen LogP contribution in [0.5, 0.6) is 0 Å². The SMILES string of the molecule is CC(C)(C)OC(=O)N1CCCc2cc(-c3cncc(C(C)(C)C(=O)O)c3)cnc21. The maximum absolute atomic E-state index is 12.5. The number of carbonyl (C=O) groups is 2. The first-order chi connectivity index (χ1) is 13.5. The Kier molecular flexibility index (Phi) is 5.34. The molecule has 0 aromatic carbocycles. The number of aromatic nitrogens is 2. The van der Waals surface area contributed by atoms with E-state index in [4.69, 9.17) is 4.74 Å². The van der Waals surface area contributed by atoms with Gasteiger partial charge in [-0.25, -0.2) is 9.78 Å². The summed E-state index contributed by atoms with van der Waals surface area (Å²) in [7, 11) is 0. The normalized spacial score (nSPS) is 14.3. The number of ether oxygens (including phenoxy) is 1. The number of aryl methyl sites for hydroxylation is 1. The van der Waals surface area contributed by atoms with Crippen molar-refractivity contribution in [2.45, 2.75) is 58.5 Å². The van der Waals surface area contributed by atoms with E-state index in [2.05, 4.69) is 9.97 Å². The molecule has 0 bridgehead atoms. The van der Waals surface area contributed by atoms with Crippen LogP contribution in [0.4, 0.5) is 10.6 Å². The second kappa shape index (κ2) is 7.46. The molecule has 1 aliphatic rings. The first kappa shape index (κ1) is 20.8. The van der Waals surface area contributed by atoms with E-state index >= 15 is 0 Å². The van der Waals surface area contributed by atoms with Crippen molar-refractivity contribution in [2.75, 3.05) is 11.4 Å². The van der Waals surface area contributed by atoms with Gasteiger partial charge >= 0.3 is 12.1 Å². The predicted octanol–water partition coefficient (Wildman–Crippen LogP) is 4.19. The van der Waals surface area contributed by atoms with Crippen LogP contribution in [0.2, 0.25) is 0 Å². The lowest BCUT2D eigenvalue weighted by atomic mass is 9.85. The number of hydrogen-bond donors (Lipinski definition) is 1. The molecule has 0 saturated carbocycles. The number of aliphatic carboxylic acids is 1. The van der Waals surface area contributed by atoms with Gasteiger partial charge in [-0.2, -0.15) is 0 Å². The van der Waals surface area contributed by atoms with E-state index in [1.54, 1.807) is 37.3 Å². The molecule has 3 rings (SSSR count). The molecule has 0 atom stereocenters. The Morgan fingerprint density at radius 2 is 1.76 bits per heavy atom. The van der Waals surface area contributed by atoms with Crippen LogP contribution in [0, 0.1) is 0 Å². The molecule has 29 heavy (non-hydrogen) atoms. The zero-order valence-corrected chi connectivity index (χ0v) is 17.5. The van der Waals surface area contributed by atoms with Crippen LogP contribution < -0.4 is 4.90 Å². The second-order valence-corrected chi connectivity index (χ2v) is 8.83. The van der Waals surface area contributed by atoms with Gasteiger partial charge in [0, 0.05) is 36.3 Å². The summed E-state index contributed by atoms with van der Waals surface area (Å²) in [6.07, 6.45) is 6.19. The highest BCUT2D eigenvalue weighted by Gasteiger charge is 2.31. The standard InChI is InChI=1S/C22H27N3O4/c1-21(2,3)29-20(28)25-8-6-7-14-9-15(12-24-18(14)25)16-10-17(13-23-11-16)22(4,5)19(26)27/h9-13H,6-8H2,1-5H3,(H,26,27). The van der Waals surface area contributed by atoms with E-state index in [0.29, 0.717) is 17.9 Å². The highest BCUT2D eigenvalue weighted by Crippen LogP contribution is 2.32. The molecule has 3 heterocycles. The maximum Gasteiger partial charge on any atom is 0.416 e. The van der Waals surface area contributed by atoms with Crippen molar-refractivity contribution in [3.8, 4) is 11.1 Å². The molecular formula is C22H27N3O4. The predicted molar refractivity (Wildman–Crippen MR) is 110 cm³/mol. The zero-order valence-electron chi connectivity index (χ0n) is 17.5. The first-order valence-corrected chi connectivity index (χ1v) is 9.68. The summed E-state index contributed by atoms with van der Waals surface area (Å²) < 4.78 is 5.51. The average Bonchev–Trinajstić information content (AvgIpc) is 2.65. The van der Waals surface area contributed by atoms with Gasteiger partial charge in [0.2, 0.25) is 0 Å². The number of hydrogen-bond acceptors (Lipinski definition) is 5.